The lowest BCUT2D eigenvalue weighted by Gasteiger charge is -2.19. The van der Waals surface area contributed by atoms with Crippen LogP contribution in [0.4, 0.5) is 4.39 Å². The normalized spacial score (nSPS) is 12.2. The van der Waals surface area contributed by atoms with Crippen molar-refractivity contribution in [3.05, 3.63) is 65.5 Å². The Balaban J connectivity index is 1.90. The number of nitrogens with one attached hydrogen (secondary N) is 2. The summed E-state index contributed by atoms with van der Waals surface area (Å²) in [4.78, 5) is 24.1. The fraction of sp³-hybridized carbons (Fsp3) is 0.300. The number of rotatable bonds is 4. The van der Waals surface area contributed by atoms with E-state index in [9.17, 15) is 14.0 Å². The van der Waals surface area contributed by atoms with Crippen LogP contribution >= 0.6 is 0 Å². The second-order valence-electron chi connectivity index (χ2n) is 6.96. The van der Waals surface area contributed by atoms with Gasteiger partial charge >= 0.3 is 0 Å². The Morgan fingerprint density at radius 2 is 1.62 bits per heavy atom. The molecule has 26 heavy (non-hydrogen) atoms. The summed E-state index contributed by atoms with van der Waals surface area (Å²) < 4.78 is 18.8. The van der Waals surface area contributed by atoms with E-state index in [-0.39, 0.29) is 11.2 Å². The van der Waals surface area contributed by atoms with E-state index in [0.717, 1.165) is 5.56 Å². The van der Waals surface area contributed by atoms with Crippen molar-refractivity contribution in [2.24, 2.45) is 0 Å². The van der Waals surface area contributed by atoms with Crippen LogP contribution in [0.15, 0.2) is 48.5 Å². The number of para-hydroxylation sites is 1. The molecule has 138 valence electrons. The number of carbonyl (C=O) groups is 2. The lowest BCUT2D eigenvalue weighted by atomic mass is 9.87. The first kappa shape index (κ1) is 19.4. The Kier molecular flexibility index (Phi) is 5.97. The minimum Gasteiger partial charge on any atom is -0.478 e. The van der Waals surface area contributed by atoms with Gasteiger partial charge in [-0.25, -0.2) is 4.39 Å². The smallest absolute Gasteiger partial charge is 0.279 e. The molecule has 5 nitrogen and oxygen atoms in total. The first-order valence-corrected chi connectivity index (χ1v) is 8.30. The van der Waals surface area contributed by atoms with Gasteiger partial charge in [-0.15, -0.1) is 0 Å². The van der Waals surface area contributed by atoms with Gasteiger partial charge in [-0.05, 0) is 42.2 Å². The minimum absolute atomic E-state index is 0.0112. The molecule has 6 heteroatoms. The molecule has 0 saturated carbocycles. The lowest BCUT2D eigenvalue weighted by molar-refractivity contribution is -0.128. The highest BCUT2D eigenvalue weighted by Gasteiger charge is 2.18. The summed E-state index contributed by atoms with van der Waals surface area (Å²) in [6.07, 6.45) is -0.976. The molecule has 2 N–H and O–H groups in total. The highest BCUT2D eigenvalue weighted by molar-refractivity contribution is 5.95. The maximum absolute atomic E-state index is 13.5. The standard InChI is InChI=1S/C20H23FN2O3/c1-13(26-17-8-6-5-7-16(17)21)18(24)22-23-19(25)14-9-11-15(12-10-14)20(2,3)4/h5-13H,1-4H3,(H,22,24)(H,23,25). The van der Waals surface area contributed by atoms with Crippen LogP contribution in [0.1, 0.15) is 43.6 Å². The van der Waals surface area contributed by atoms with Crippen molar-refractivity contribution in [1.82, 2.24) is 10.9 Å². The van der Waals surface area contributed by atoms with E-state index >= 15 is 0 Å². The van der Waals surface area contributed by atoms with Gasteiger partial charge in [-0.1, -0.05) is 45.0 Å². The Hall–Kier alpha value is -2.89. The van der Waals surface area contributed by atoms with E-state index in [4.69, 9.17) is 4.74 Å². The first-order valence-electron chi connectivity index (χ1n) is 8.30. The van der Waals surface area contributed by atoms with E-state index in [0.29, 0.717) is 5.56 Å². The van der Waals surface area contributed by atoms with E-state index in [1.165, 1.54) is 25.1 Å². The number of amides is 2. The molecule has 0 fully saturated rings. The topological polar surface area (TPSA) is 67.4 Å². The molecular weight excluding hydrogens is 335 g/mol. The predicted molar refractivity (Wildman–Crippen MR) is 97.2 cm³/mol. The summed E-state index contributed by atoms with van der Waals surface area (Å²) in [7, 11) is 0. The lowest BCUT2D eigenvalue weighted by Crippen LogP contribution is -2.47. The molecule has 0 aliphatic carbocycles. The van der Waals surface area contributed by atoms with Crippen LogP contribution in [0.2, 0.25) is 0 Å². The molecule has 0 aromatic heterocycles. The predicted octanol–water partition coefficient (Wildman–Crippen LogP) is 3.35. The monoisotopic (exact) mass is 358 g/mol. The van der Waals surface area contributed by atoms with Crippen molar-refractivity contribution in [1.29, 1.82) is 0 Å². The van der Waals surface area contributed by atoms with Crippen molar-refractivity contribution in [3.8, 4) is 5.75 Å². The number of hydrazine groups is 1. The van der Waals surface area contributed by atoms with Gasteiger partial charge in [0.1, 0.15) is 0 Å². The molecule has 1 unspecified atom stereocenters. The van der Waals surface area contributed by atoms with Gasteiger partial charge in [-0.2, -0.15) is 0 Å². The van der Waals surface area contributed by atoms with Gasteiger partial charge in [0.25, 0.3) is 11.8 Å². The molecule has 2 rings (SSSR count). The van der Waals surface area contributed by atoms with E-state index in [1.807, 2.05) is 12.1 Å². The van der Waals surface area contributed by atoms with Crippen LogP contribution in [0.25, 0.3) is 0 Å². The molecule has 0 aliphatic heterocycles. The van der Waals surface area contributed by atoms with Gasteiger partial charge < -0.3 is 4.74 Å². The highest BCUT2D eigenvalue weighted by atomic mass is 19.1. The molecule has 0 spiro atoms. The third-order valence-electron chi connectivity index (χ3n) is 3.82. The summed E-state index contributed by atoms with van der Waals surface area (Å²) in [6.45, 7) is 7.71. The van der Waals surface area contributed by atoms with Crippen molar-refractivity contribution >= 4 is 11.8 Å². The van der Waals surface area contributed by atoms with Crippen LogP contribution in [0, 0.1) is 5.82 Å². The summed E-state index contributed by atoms with van der Waals surface area (Å²) in [5.41, 5.74) is 6.11. The molecule has 0 heterocycles. The van der Waals surface area contributed by atoms with E-state index < -0.39 is 23.7 Å². The van der Waals surface area contributed by atoms with Crippen molar-refractivity contribution in [2.45, 2.75) is 39.2 Å². The maximum Gasteiger partial charge on any atom is 0.279 e. The van der Waals surface area contributed by atoms with Gasteiger partial charge in [0.15, 0.2) is 17.7 Å². The van der Waals surface area contributed by atoms with Crippen LogP contribution < -0.4 is 15.6 Å². The molecule has 0 bridgehead atoms. The number of hydrogen-bond acceptors (Lipinski definition) is 3. The Labute approximate surface area is 152 Å². The van der Waals surface area contributed by atoms with Crippen LogP contribution in [0.5, 0.6) is 5.75 Å². The quantitative estimate of drug-likeness (QED) is 0.824. The van der Waals surface area contributed by atoms with Gasteiger partial charge in [0, 0.05) is 5.56 Å². The first-order chi connectivity index (χ1) is 12.2. The number of carbonyl (C=O) groups excluding carboxylic acids is 2. The van der Waals surface area contributed by atoms with E-state index in [1.54, 1.807) is 18.2 Å². The Morgan fingerprint density at radius 1 is 1.00 bits per heavy atom. The Bertz CT molecular complexity index is 782. The van der Waals surface area contributed by atoms with Gasteiger partial charge in [0.2, 0.25) is 0 Å². The van der Waals surface area contributed by atoms with Crippen LogP contribution in [-0.2, 0) is 10.2 Å². The molecule has 2 aromatic carbocycles. The summed E-state index contributed by atoms with van der Waals surface area (Å²) in [5.74, 6) is -1.63. The zero-order valence-corrected chi connectivity index (χ0v) is 15.3. The molecule has 0 saturated heterocycles. The molecule has 0 aliphatic rings. The summed E-state index contributed by atoms with van der Waals surface area (Å²) in [6, 6.07) is 12.9. The molecule has 2 amide bonds. The average Bonchev–Trinajstić information content (AvgIpc) is 2.60. The summed E-state index contributed by atoms with van der Waals surface area (Å²) in [5, 5.41) is 0. The fourth-order valence-corrected chi connectivity index (χ4v) is 2.20. The molecule has 0 radical (unpaired) electrons. The molecular formula is C20H23FN2O3. The van der Waals surface area contributed by atoms with Crippen molar-refractivity contribution in [3.63, 3.8) is 0 Å². The molecule has 1 atom stereocenters. The second-order valence-corrected chi connectivity index (χ2v) is 6.96. The van der Waals surface area contributed by atoms with Crippen LogP contribution in [0.3, 0.4) is 0 Å². The zero-order chi connectivity index (χ0) is 19.3. The largest absolute Gasteiger partial charge is 0.478 e. The van der Waals surface area contributed by atoms with Gasteiger partial charge in [-0.3, -0.25) is 20.4 Å². The maximum atomic E-state index is 13.5. The number of ether oxygens (including phenoxy) is 1. The van der Waals surface area contributed by atoms with Gasteiger partial charge in [0.05, 0.1) is 0 Å². The number of benzene rings is 2. The summed E-state index contributed by atoms with van der Waals surface area (Å²) >= 11 is 0. The Morgan fingerprint density at radius 3 is 2.19 bits per heavy atom. The van der Waals surface area contributed by atoms with E-state index in [2.05, 4.69) is 31.6 Å². The second kappa shape index (κ2) is 7.99. The third-order valence-corrected chi connectivity index (χ3v) is 3.82. The van der Waals surface area contributed by atoms with Crippen LogP contribution in [-0.4, -0.2) is 17.9 Å². The zero-order valence-electron chi connectivity index (χ0n) is 15.3. The SMILES string of the molecule is CC(Oc1ccccc1F)C(=O)NNC(=O)c1ccc(C(C)(C)C)cc1. The highest BCUT2D eigenvalue weighted by Crippen LogP contribution is 2.22. The fourth-order valence-electron chi connectivity index (χ4n) is 2.20. The minimum atomic E-state index is -0.976. The van der Waals surface area contributed by atoms with Crippen molar-refractivity contribution < 1.29 is 18.7 Å². The van der Waals surface area contributed by atoms with Crippen molar-refractivity contribution in [2.75, 3.05) is 0 Å². The average molecular weight is 358 g/mol. The number of halogens is 1. The molecule has 2 aromatic rings. The third kappa shape index (κ3) is 5.05. The number of hydrogen-bond donors (Lipinski definition) is 2.